The number of carbonyl (C=O) groups excluding carboxylic acids is 1. The van der Waals surface area contributed by atoms with E-state index >= 15 is 0 Å². The molecule has 0 spiro atoms. The van der Waals surface area contributed by atoms with Crippen LogP contribution in [0.1, 0.15) is 64.4 Å². The molecule has 1 aliphatic rings. The average molecular weight is 381 g/mol. The molecule has 1 amide bonds. The van der Waals surface area contributed by atoms with Gasteiger partial charge in [0.15, 0.2) is 0 Å². The molecule has 1 aliphatic heterocycles. The molecular formula is C20H32N2O3S. The Hall–Kier alpha value is -1.40. The standard InChI is InChI=1S/C20H32N2O3S/c1-4-5-6-13-21-20(23)18-11-14-22(15-12-18)26(24,25)19-9-7-17(8-10-19)16(2)3/h7-10,16,18H,4-6,11-15H2,1-3H3,(H,21,23). The van der Waals surface area contributed by atoms with Crippen molar-refractivity contribution in [2.45, 2.75) is 63.7 Å². The normalized spacial score (nSPS) is 16.8. The van der Waals surface area contributed by atoms with Crippen LogP contribution in [0.25, 0.3) is 0 Å². The highest BCUT2D eigenvalue weighted by atomic mass is 32.2. The molecule has 0 bridgehead atoms. The van der Waals surface area contributed by atoms with Gasteiger partial charge in [-0.3, -0.25) is 4.79 Å². The summed E-state index contributed by atoms with van der Waals surface area (Å²) in [5.74, 6) is 0.365. The lowest BCUT2D eigenvalue weighted by Crippen LogP contribution is -2.43. The van der Waals surface area contributed by atoms with Crippen LogP contribution in [0.5, 0.6) is 0 Å². The highest BCUT2D eigenvalue weighted by Crippen LogP contribution is 2.25. The van der Waals surface area contributed by atoms with Crippen LogP contribution in [0.4, 0.5) is 0 Å². The number of piperidine rings is 1. The summed E-state index contributed by atoms with van der Waals surface area (Å²) in [5.41, 5.74) is 1.13. The number of benzene rings is 1. The number of nitrogens with zero attached hydrogens (tertiary/aromatic N) is 1. The Morgan fingerprint density at radius 1 is 1.15 bits per heavy atom. The molecule has 26 heavy (non-hydrogen) atoms. The number of carbonyl (C=O) groups is 1. The first-order valence-electron chi connectivity index (χ1n) is 9.74. The van der Waals surface area contributed by atoms with Crippen molar-refractivity contribution in [1.29, 1.82) is 0 Å². The number of sulfonamides is 1. The smallest absolute Gasteiger partial charge is 0.243 e. The second kappa shape index (κ2) is 9.51. The summed E-state index contributed by atoms with van der Waals surface area (Å²) in [6.45, 7) is 7.83. The molecule has 0 unspecified atom stereocenters. The zero-order valence-corrected chi connectivity index (χ0v) is 17.0. The molecule has 1 saturated heterocycles. The largest absolute Gasteiger partial charge is 0.356 e. The van der Waals surface area contributed by atoms with E-state index in [1.165, 1.54) is 4.31 Å². The Bertz CT molecular complexity index is 676. The Morgan fingerprint density at radius 3 is 2.31 bits per heavy atom. The molecule has 0 aliphatic carbocycles. The molecule has 1 aromatic rings. The maximum absolute atomic E-state index is 12.8. The van der Waals surface area contributed by atoms with Crippen LogP contribution >= 0.6 is 0 Å². The van der Waals surface area contributed by atoms with Crippen molar-refractivity contribution in [3.8, 4) is 0 Å². The lowest BCUT2D eigenvalue weighted by Gasteiger charge is -2.30. The van der Waals surface area contributed by atoms with Crippen molar-refractivity contribution in [1.82, 2.24) is 9.62 Å². The Kier molecular flexibility index (Phi) is 7.65. The fourth-order valence-electron chi connectivity index (χ4n) is 3.26. The molecule has 1 fully saturated rings. The number of nitrogens with one attached hydrogen (secondary N) is 1. The SMILES string of the molecule is CCCCCNC(=O)C1CCN(S(=O)(=O)c2ccc(C(C)C)cc2)CC1. The molecule has 0 radical (unpaired) electrons. The summed E-state index contributed by atoms with van der Waals surface area (Å²) in [6, 6.07) is 7.15. The van der Waals surface area contributed by atoms with E-state index in [1.807, 2.05) is 12.1 Å². The van der Waals surface area contributed by atoms with Crippen molar-refractivity contribution >= 4 is 15.9 Å². The Labute approximate surface area is 158 Å². The Balaban J connectivity index is 1.90. The topological polar surface area (TPSA) is 66.5 Å². The summed E-state index contributed by atoms with van der Waals surface area (Å²) in [6.07, 6.45) is 4.42. The zero-order valence-electron chi connectivity index (χ0n) is 16.2. The first-order chi connectivity index (χ1) is 12.4. The molecule has 0 aromatic heterocycles. The molecule has 5 nitrogen and oxygen atoms in total. The van der Waals surface area contributed by atoms with Gasteiger partial charge >= 0.3 is 0 Å². The van der Waals surface area contributed by atoms with Gasteiger partial charge < -0.3 is 5.32 Å². The van der Waals surface area contributed by atoms with E-state index < -0.39 is 10.0 Å². The number of amides is 1. The second-order valence-electron chi connectivity index (χ2n) is 7.40. The van der Waals surface area contributed by atoms with E-state index in [9.17, 15) is 13.2 Å². The summed E-state index contributed by atoms with van der Waals surface area (Å²) in [4.78, 5) is 12.5. The van der Waals surface area contributed by atoms with Gasteiger partial charge in [0, 0.05) is 25.6 Å². The third-order valence-corrected chi connectivity index (χ3v) is 7.00. The summed E-state index contributed by atoms with van der Waals surface area (Å²) >= 11 is 0. The van der Waals surface area contributed by atoms with Crippen LogP contribution in [0.15, 0.2) is 29.2 Å². The number of hydrogen-bond acceptors (Lipinski definition) is 3. The molecule has 1 heterocycles. The number of rotatable bonds is 8. The predicted octanol–water partition coefficient (Wildman–Crippen LogP) is 3.52. The number of unbranched alkanes of at least 4 members (excludes halogenated alkanes) is 2. The summed E-state index contributed by atoms with van der Waals surface area (Å²) in [7, 11) is -3.48. The van der Waals surface area contributed by atoms with Crippen molar-refractivity contribution in [2.24, 2.45) is 5.92 Å². The molecule has 6 heteroatoms. The maximum Gasteiger partial charge on any atom is 0.243 e. The third kappa shape index (κ3) is 5.30. The van der Waals surface area contributed by atoms with Gasteiger partial charge in [-0.05, 0) is 42.9 Å². The van der Waals surface area contributed by atoms with E-state index in [0.29, 0.717) is 43.3 Å². The molecular weight excluding hydrogens is 348 g/mol. The van der Waals surface area contributed by atoms with E-state index in [4.69, 9.17) is 0 Å². The van der Waals surface area contributed by atoms with Gasteiger partial charge in [-0.2, -0.15) is 4.31 Å². The quantitative estimate of drug-likeness (QED) is 0.702. The highest BCUT2D eigenvalue weighted by molar-refractivity contribution is 7.89. The maximum atomic E-state index is 12.8. The minimum absolute atomic E-state index is 0.0689. The van der Waals surface area contributed by atoms with E-state index in [1.54, 1.807) is 12.1 Å². The molecule has 0 atom stereocenters. The fourth-order valence-corrected chi connectivity index (χ4v) is 4.73. The van der Waals surface area contributed by atoms with Gasteiger partial charge in [0.05, 0.1) is 4.90 Å². The minimum atomic E-state index is -3.48. The van der Waals surface area contributed by atoms with Gasteiger partial charge in [-0.15, -0.1) is 0 Å². The monoisotopic (exact) mass is 380 g/mol. The third-order valence-electron chi connectivity index (χ3n) is 5.09. The van der Waals surface area contributed by atoms with Crippen molar-refractivity contribution < 1.29 is 13.2 Å². The zero-order chi connectivity index (χ0) is 19.2. The summed E-state index contributed by atoms with van der Waals surface area (Å²) < 4.78 is 27.1. The minimum Gasteiger partial charge on any atom is -0.356 e. The van der Waals surface area contributed by atoms with E-state index in [-0.39, 0.29) is 11.8 Å². The molecule has 2 rings (SSSR count). The van der Waals surface area contributed by atoms with E-state index in [0.717, 1.165) is 24.8 Å². The molecule has 146 valence electrons. The molecule has 1 N–H and O–H groups in total. The predicted molar refractivity (Wildman–Crippen MR) is 105 cm³/mol. The second-order valence-corrected chi connectivity index (χ2v) is 9.34. The van der Waals surface area contributed by atoms with Crippen molar-refractivity contribution in [3.63, 3.8) is 0 Å². The Morgan fingerprint density at radius 2 is 1.77 bits per heavy atom. The van der Waals surface area contributed by atoms with Gasteiger partial charge in [-0.25, -0.2) is 8.42 Å². The van der Waals surface area contributed by atoms with Crippen LogP contribution in [-0.2, 0) is 14.8 Å². The lowest BCUT2D eigenvalue weighted by molar-refractivity contribution is -0.126. The number of hydrogen-bond donors (Lipinski definition) is 1. The lowest BCUT2D eigenvalue weighted by atomic mass is 9.97. The van der Waals surface area contributed by atoms with Gasteiger partial charge in [0.2, 0.25) is 15.9 Å². The first-order valence-corrected chi connectivity index (χ1v) is 11.2. The fraction of sp³-hybridized carbons (Fsp3) is 0.650. The van der Waals surface area contributed by atoms with Gasteiger partial charge in [0.1, 0.15) is 0 Å². The average Bonchev–Trinajstić information content (AvgIpc) is 2.65. The van der Waals surface area contributed by atoms with Crippen LogP contribution in [-0.4, -0.2) is 38.3 Å². The first kappa shape index (κ1) is 20.9. The van der Waals surface area contributed by atoms with Crippen LogP contribution in [0.3, 0.4) is 0 Å². The van der Waals surface area contributed by atoms with Crippen LogP contribution < -0.4 is 5.32 Å². The van der Waals surface area contributed by atoms with Gasteiger partial charge in [-0.1, -0.05) is 45.7 Å². The molecule has 0 saturated carbocycles. The highest BCUT2D eigenvalue weighted by Gasteiger charge is 2.31. The van der Waals surface area contributed by atoms with Crippen molar-refractivity contribution in [3.05, 3.63) is 29.8 Å². The van der Waals surface area contributed by atoms with Gasteiger partial charge in [0.25, 0.3) is 0 Å². The van der Waals surface area contributed by atoms with Crippen LogP contribution in [0, 0.1) is 5.92 Å². The van der Waals surface area contributed by atoms with Crippen molar-refractivity contribution in [2.75, 3.05) is 19.6 Å². The van der Waals surface area contributed by atoms with E-state index in [2.05, 4.69) is 26.1 Å². The molecule has 1 aromatic carbocycles. The van der Waals surface area contributed by atoms with Crippen LogP contribution in [0.2, 0.25) is 0 Å². The summed E-state index contributed by atoms with van der Waals surface area (Å²) in [5, 5.41) is 2.98.